The molecular weight excluding hydrogens is 206 g/mol. The van der Waals surface area contributed by atoms with E-state index < -0.39 is 0 Å². The molecule has 0 saturated heterocycles. The van der Waals surface area contributed by atoms with Crippen LogP contribution in [0.4, 0.5) is 5.95 Å². The molecule has 0 unspecified atom stereocenters. The van der Waals surface area contributed by atoms with Gasteiger partial charge in [0.15, 0.2) is 5.82 Å². The summed E-state index contributed by atoms with van der Waals surface area (Å²) in [5.74, 6) is 2.09. The molecule has 0 radical (unpaired) electrons. The lowest BCUT2D eigenvalue weighted by Gasteiger charge is -2.01. The van der Waals surface area contributed by atoms with E-state index in [-0.39, 0.29) is 5.95 Å². The summed E-state index contributed by atoms with van der Waals surface area (Å²) < 4.78 is 0. The zero-order valence-corrected chi connectivity index (χ0v) is 8.94. The molecule has 2 aromatic heterocycles. The average molecular weight is 219 g/mol. The average Bonchev–Trinajstić information content (AvgIpc) is 2.64. The molecule has 16 heavy (non-hydrogen) atoms. The highest BCUT2D eigenvalue weighted by Gasteiger charge is 2.08. The summed E-state index contributed by atoms with van der Waals surface area (Å²) >= 11 is 0. The molecular formula is C9H13N7. The van der Waals surface area contributed by atoms with Crippen LogP contribution in [0.2, 0.25) is 0 Å². The first-order chi connectivity index (χ1) is 7.69. The van der Waals surface area contributed by atoms with Crippen LogP contribution in [0.15, 0.2) is 6.20 Å². The van der Waals surface area contributed by atoms with Crippen molar-refractivity contribution in [2.75, 3.05) is 12.3 Å². The fraction of sp³-hybridized carbons (Fsp3) is 0.333. The normalized spacial score (nSPS) is 10.6. The molecule has 2 rings (SSSR count). The molecule has 7 heteroatoms. The standard InChI is InChI=1S/C9H13N7/c1-5-12-4-6(13-5)8-14-7(2-3-10)15-9(11)16-8/h4H,2-3,10H2,1H3,(H,12,13)(H2,11,14,15,16). The predicted molar refractivity (Wildman–Crippen MR) is 59.3 cm³/mol. The van der Waals surface area contributed by atoms with Gasteiger partial charge in [0.2, 0.25) is 5.95 Å². The molecule has 0 aliphatic rings. The number of aromatic nitrogens is 5. The van der Waals surface area contributed by atoms with Gasteiger partial charge in [-0.25, -0.2) is 9.97 Å². The van der Waals surface area contributed by atoms with Gasteiger partial charge in [-0.1, -0.05) is 0 Å². The number of anilines is 1. The number of aryl methyl sites for hydroxylation is 1. The van der Waals surface area contributed by atoms with Crippen LogP contribution in [0, 0.1) is 6.92 Å². The van der Waals surface area contributed by atoms with E-state index in [1.807, 2.05) is 6.92 Å². The van der Waals surface area contributed by atoms with Crippen molar-refractivity contribution in [1.82, 2.24) is 24.9 Å². The third-order valence-corrected chi connectivity index (χ3v) is 2.01. The summed E-state index contributed by atoms with van der Waals surface area (Å²) in [7, 11) is 0. The zero-order chi connectivity index (χ0) is 11.5. The van der Waals surface area contributed by atoms with Crippen LogP contribution in [0.5, 0.6) is 0 Å². The summed E-state index contributed by atoms with van der Waals surface area (Å²) in [5, 5.41) is 0. The number of H-pyrrole nitrogens is 1. The van der Waals surface area contributed by atoms with Crippen molar-refractivity contribution in [2.45, 2.75) is 13.3 Å². The maximum atomic E-state index is 5.60. The van der Waals surface area contributed by atoms with Gasteiger partial charge in [0.25, 0.3) is 0 Å². The number of nitrogens with zero attached hydrogens (tertiary/aromatic N) is 4. The minimum atomic E-state index is 0.195. The Labute approximate surface area is 92.4 Å². The molecule has 0 amide bonds. The van der Waals surface area contributed by atoms with Crippen LogP contribution < -0.4 is 11.5 Å². The second kappa shape index (κ2) is 4.23. The largest absolute Gasteiger partial charge is 0.368 e. The lowest BCUT2D eigenvalue weighted by Crippen LogP contribution is -2.10. The third kappa shape index (κ3) is 2.14. The van der Waals surface area contributed by atoms with Gasteiger partial charge >= 0.3 is 0 Å². The molecule has 0 saturated carbocycles. The van der Waals surface area contributed by atoms with E-state index >= 15 is 0 Å². The molecule has 7 nitrogen and oxygen atoms in total. The number of rotatable bonds is 3. The van der Waals surface area contributed by atoms with E-state index in [2.05, 4.69) is 24.9 Å². The third-order valence-electron chi connectivity index (χ3n) is 2.01. The predicted octanol–water partition coefficient (Wildman–Crippen LogP) is -0.346. The summed E-state index contributed by atoms with van der Waals surface area (Å²) in [5.41, 5.74) is 11.8. The number of hydrogen-bond acceptors (Lipinski definition) is 6. The highest BCUT2D eigenvalue weighted by molar-refractivity contribution is 5.49. The molecule has 0 aliphatic carbocycles. The first-order valence-electron chi connectivity index (χ1n) is 4.91. The number of aromatic amines is 1. The second-order valence-corrected chi connectivity index (χ2v) is 3.35. The molecule has 2 aromatic rings. The van der Waals surface area contributed by atoms with Crippen molar-refractivity contribution < 1.29 is 0 Å². The van der Waals surface area contributed by atoms with Gasteiger partial charge in [0.1, 0.15) is 17.3 Å². The first kappa shape index (κ1) is 10.5. The molecule has 0 aromatic carbocycles. The molecule has 0 aliphatic heterocycles. The maximum Gasteiger partial charge on any atom is 0.223 e. The number of imidazole rings is 1. The monoisotopic (exact) mass is 219 g/mol. The van der Waals surface area contributed by atoms with Gasteiger partial charge in [-0.05, 0) is 13.5 Å². The summed E-state index contributed by atoms with van der Waals surface area (Å²) in [6, 6.07) is 0. The molecule has 0 atom stereocenters. The molecule has 2 heterocycles. The van der Waals surface area contributed by atoms with Crippen LogP contribution in [0.1, 0.15) is 11.6 Å². The lowest BCUT2D eigenvalue weighted by atomic mass is 10.4. The van der Waals surface area contributed by atoms with Gasteiger partial charge in [0, 0.05) is 6.42 Å². The fourth-order valence-electron chi connectivity index (χ4n) is 1.33. The number of hydrogen-bond donors (Lipinski definition) is 3. The van der Waals surface area contributed by atoms with Gasteiger partial charge < -0.3 is 16.5 Å². The molecule has 0 bridgehead atoms. The number of nitrogen functional groups attached to an aromatic ring is 1. The smallest absolute Gasteiger partial charge is 0.223 e. The minimum Gasteiger partial charge on any atom is -0.368 e. The Balaban J connectivity index is 2.40. The molecule has 84 valence electrons. The SMILES string of the molecule is Cc1ncc(-c2nc(N)nc(CCN)n2)[nH]1. The second-order valence-electron chi connectivity index (χ2n) is 3.35. The highest BCUT2D eigenvalue weighted by atomic mass is 15.1. The van der Waals surface area contributed by atoms with Gasteiger partial charge in [0.05, 0.1) is 6.20 Å². The van der Waals surface area contributed by atoms with Crippen molar-refractivity contribution in [3.8, 4) is 11.5 Å². The van der Waals surface area contributed by atoms with E-state index in [4.69, 9.17) is 11.5 Å². The van der Waals surface area contributed by atoms with Crippen molar-refractivity contribution in [3.05, 3.63) is 17.8 Å². The van der Waals surface area contributed by atoms with E-state index in [1.165, 1.54) is 0 Å². The van der Waals surface area contributed by atoms with E-state index in [9.17, 15) is 0 Å². The fourth-order valence-corrected chi connectivity index (χ4v) is 1.33. The Hall–Kier alpha value is -2.02. The summed E-state index contributed by atoms with van der Waals surface area (Å²) in [4.78, 5) is 19.4. The van der Waals surface area contributed by atoms with Crippen molar-refractivity contribution in [1.29, 1.82) is 0 Å². The van der Waals surface area contributed by atoms with E-state index in [0.717, 1.165) is 11.5 Å². The topological polar surface area (TPSA) is 119 Å². The number of nitrogens with two attached hydrogens (primary N) is 2. The van der Waals surface area contributed by atoms with Crippen molar-refractivity contribution in [3.63, 3.8) is 0 Å². The highest BCUT2D eigenvalue weighted by Crippen LogP contribution is 2.12. The lowest BCUT2D eigenvalue weighted by molar-refractivity contribution is 0.853. The van der Waals surface area contributed by atoms with E-state index in [1.54, 1.807) is 6.20 Å². The Bertz CT molecular complexity index is 490. The van der Waals surface area contributed by atoms with Crippen LogP contribution >= 0.6 is 0 Å². The summed E-state index contributed by atoms with van der Waals surface area (Å²) in [6.07, 6.45) is 2.24. The first-order valence-corrected chi connectivity index (χ1v) is 4.91. The molecule has 0 fully saturated rings. The quantitative estimate of drug-likeness (QED) is 0.649. The Morgan fingerprint density at radius 1 is 1.31 bits per heavy atom. The Morgan fingerprint density at radius 2 is 2.12 bits per heavy atom. The van der Waals surface area contributed by atoms with Gasteiger partial charge in [-0.15, -0.1) is 0 Å². The molecule has 5 N–H and O–H groups in total. The maximum absolute atomic E-state index is 5.60. The van der Waals surface area contributed by atoms with Crippen molar-refractivity contribution >= 4 is 5.95 Å². The Morgan fingerprint density at radius 3 is 2.75 bits per heavy atom. The van der Waals surface area contributed by atoms with Crippen LogP contribution in [-0.4, -0.2) is 31.5 Å². The van der Waals surface area contributed by atoms with Gasteiger partial charge in [-0.2, -0.15) is 9.97 Å². The number of nitrogens with one attached hydrogen (secondary N) is 1. The summed E-state index contributed by atoms with van der Waals surface area (Å²) in [6.45, 7) is 2.33. The molecule has 0 spiro atoms. The van der Waals surface area contributed by atoms with Crippen LogP contribution in [0.3, 0.4) is 0 Å². The van der Waals surface area contributed by atoms with Crippen LogP contribution in [0.25, 0.3) is 11.5 Å². The van der Waals surface area contributed by atoms with Crippen molar-refractivity contribution in [2.24, 2.45) is 5.73 Å². The Kier molecular flexibility index (Phi) is 2.78. The minimum absolute atomic E-state index is 0.195. The van der Waals surface area contributed by atoms with E-state index in [0.29, 0.717) is 24.6 Å². The zero-order valence-electron chi connectivity index (χ0n) is 8.94. The van der Waals surface area contributed by atoms with Gasteiger partial charge in [-0.3, -0.25) is 0 Å². The van der Waals surface area contributed by atoms with Crippen LogP contribution in [-0.2, 0) is 6.42 Å².